The summed E-state index contributed by atoms with van der Waals surface area (Å²) in [5.74, 6) is 0.448. The molecule has 0 unspecified atom stereocenters. The zero-order valence-electron chi connectivity index (χ0n) is 18.2. The first kappa shape index (κ1) is 21.5. The van der Waals surface area contributed by atoms with Gasteiger partial charge in [-0.05, 0) is 48.7 Å². The number of aromatic nitrogens is 3. The SMILES string of the molecule is O=C(NC1CCCCC1)c1cccc(-c2cnc3ccc(OCc4cccc(Cl)c4)nn23)c1. The molecule has 4 aromatic rings. The fourth-order valence-electron chi connectivity index (χ4n) is 4.25. The second-order valence-electron chi connectivity index (χ2n) is 8.39. The van der Waals surface area contributed by atoms with Crippen LogP contribution in [0.25, 0.3) is 16.9 Å². The molecule has 1 N–H and O–H groups in total. The van der Waals surface area contributed by atoms with Crippen LogP contribution in [-0.2, 0) is 6.61 Å². The molecule has 1 saturated carbocycles. The average Bonchev–Trinajstić information content (AvgIpc) is 3.27. The molecule has 7 heteroatoms. The summed E-state index contributed by atoms with van der Waals surface area (Å²) in [6, 6.07) is 19.1. The van der Waals surface area contributed by atoms with Gasteiger partial charge in [-0.3, -0.25) is 4.79 Å². The van der Waals surface area contributed by atoms with E-state index in [1.807, 2.05) is 54.6 Å². The van der Waals surface area contributed by atoms with Crippen molar-refractivity contribution in [3.8, 4) is 17.1 Å². The highest BCUT2D eigenvalue weighted by Gasteiger charge is 2.17. The molecule has 1 aliphatic carbocycles. The van der Waals surface area contributed by atoms with Crippen LogP contribution >= 0.6 is 11.6 Å². The Morgan fingerprint density at radius 2 is 1.91 bits per heavy atom. The van der Waals surface area contributed by atoms with Gasteiger partial charge in [-0.1, -0.05) is 55.1 Å². The maximum Gasteiger partial charge on any atom is 0.251 e. The first-order valence-corrected chi connectivity index (χ1v) is 11.7. The van der Waals surface area contributed by atoms with Gasteiger partial charge in [0.25, 0.3) is 5.91 Å². The molecule has 1 fully saturated rings. The molecule has 33 heavy (non-hydrogen) atoms. The zero-order chi connectivity index (χ0) is 22.6. The summed E-state index contributed by atoms with van der Waals surface area (Å²) in [7, 11) is 0. The third-order valence-electron chi connectivity index (χ3n) is 5.97. The third-order valence-corrected chi connectivity index (χ3v) is 6.21. The number of nitrogens with one attached hydrogen (secondary N) is 1. The van der Waals surface area contributed by atoms with Crippen LogP contribution in [0.4, 0.5) is 0 Å². The van der Waals surface area contributed by atoms with Gasteiger partial charge in [-0.15, -0.1) is 5.10 Å². The average molecular weight is 461 g/mol. The highest BCUT2D eigenvalue weighted by atomic mass is 35.5. The Morgan fingerprint density at radius 1 is 1.06 bits per heavy atom. The van der Waals surface area contributed by atoms with E-state index in [0.717, 1.165) is 29.7 Å². The minimum atomic E-state index is -0.0314. The lowest BCUT2D eigenvalue weighted by Gasteiger charge is -2.22. The number of halogens is 1. The third kappa shape index (κ3) is 5.01. The Morgan fingerprint density at radius 3 is 2.76 bits per heavy atom. The molecule has 0 atom stereocenters. The van der Waals surface area contributed by atoms with Crippen molar-refractivity contribution in [2.45, 2.75) is 44.8 Å². The second kappa shape index (κ2) is 9.63. The molecule has 0 aliphatic heterocycles. The van der Waals surface area contributed by atoms with Gasteiger partial charge in [0, 0.05) is 28.3 Å². The maximum atomic E-state index is 12.8. The number of carbonyl (C=O) groups is 1. The number of amides is 1. The summed E-state index contributed by atoms with van der Waals surface area (Å²) in [6.07, 6.45) is 7.50. The minimum absolute atomic E-state index is 0.0314. The van der Waals surface area contributed by atoms with E-state index in [-0.39, 0.29) is 11.9 Å². The van der Waals surface area contributed by atoms with Crippen LogP contribution in [0.3, 0.4) is 0 Å². The molecule has 6 nitrogen and oxygen atoms in total. The molecule has 5 rings (SSSR count). The van der Waals surface area contributed by atoms with Crippen molar-refractivity contribution >= 4 is 23.2 Å². The maximum absolute atomic E-state index is 12.8. The van der Waals surface area contributed by atoms with E-state index >= 15 is 0 Å². The predicted octanol–water partition coefficient (Wildman–Crippen LogP) is 5.69. The van der Waals surface area contributed by atoms with Crippen molar-refractivity contribution in [3.63, 3.8) is 0 Å². The van der Waals surface area contributed by atoms with Gasteiger partial charge >= 0.3 is 0 Å². The number of carbonyl (C=O) groups excluding carboxylic acids is 1. The summed E-state index contributed by atoms with van der Waals surface area (Å²) in [5, 5.41) is 8.47. The summed E-state index contributed by atoms with van der Waals surface area (Å²) < 4.78 is 7.62. The number of nitrogens with zero attached hydrogens (tertiary/aromatic N) is 3. The van der Waals surface area contributed by atoms with E-state index in [9.17, 15) is 4.79 Å². The van der Waals surface area contributed by atoms with Crippen LogP contribution in [0.5, 0.6) is 5.88 Å². The van der Waals surface area contributed by atoms with Crippen molar-refractivity contribution < 1.29 is 9.53 Å². The number of imidazole rings is 1. The monoisotopic (exact) mass is 460 g/mol. The number of benzene rings is 2. The number of hydrogen-bond acceptors (Lipinski definition) is 4. The topological polar surface area (TPSA) is 68.5 Å². The number of hydrogen-bond donors (Lipinski definition) is 1. The Bertz CT molecular complexity index is 1280. The molecule has 0 spiro atoms. The smallest absolute Gasteiger partial charge is 0.251 e. The summed E-state index contributed by atoms with van der Waals surface area (Å²) >= 11 is 6.06. The van der Waals surface area contributed by atoms with Gasteiger partial charge in [-0.25, -0.2) is 9.50 Å². The van der Waals surface area contributed by atoms with Crippen molar-refractivity contribution in [1.29, 1.82) is 0 Å². The van der Waals surface area contributed by atoms with E-state index in [1.165, 1.54) is 19.3 Å². The summed E-state index contributed by atoms with van der Waals surface area (Å²) in [5.41, 5.74) is 3.98. The lowest BCUT2D eigenvalue weighted by molar-refractivity contribution is 0.0927. The lowest BCUT2D eigenvalue weighted by Crippen LogP contribution is -2.36. The summed E-state index contributed by atoms with van der Waals surface area (Å²) in [6.45, 7) is 0.361. The standard InChI is InChI=1S/C26H25ClN4O2/c27-21-9-4-6-18(14-21)17-33-25-13-12-24-28-16-23(31(24)30-25)19-7-5-8-20(15-19)26(32)29-22-10-2-1-3-11-22/h4-9,12-16,22H,1-3,10-11,17H2,(H,29,32). The number of fused-ring (bicyclic) bond motifs is 1. The first-order chi connectivity index (χ1) is 16.2. The second-order valence-corrected chi connectivity index (χ2v) is 8.83. The Labute approximate surface area is 197 Å². The Balaban J connectivity index is 1.36. The molecule has 2 heterocycles. The van der Waals surface area contributed by atoms with E-state index < -0.39 is 0 Å². The lowest BCUT2D eigenvalue weighted by atomic mass is 9.95. The first-order valence-electron chi connectivity index (χ1n) is 11.3. The van der Waals surface area contributed by atoms with Crippen molar-refractivity contribution in [3.05, 3.63) is 83.0 Å². The molecule has 2 aromatic carbocycles. The van der Waals surface area contributed by atoms with Gasteiger partial charge < -0.3 is 10.1 Å². The fraction of sp³-hybridized carbons (Fsp3) is 0.269. The highest BCUT2D eigenvalue weighted by Crippen LogP contribution is 2.24. The molecular formula is C26H25ClN4O2. The molecule has 168 valence electrons. The Kier molecular flexibility index (Phi) is 6.26. The molecule has 0 radical (unpaired) electrons. The van der Waals surface area contributed by atoms with Crippen LogP contribution in [0.1, 0.15) is 48.0 Å². The Hall–Kier alpha value is -3.38. The van der Waals surface area contributed by atoms with Crippen LogP contribution in [0.2, 0.25) is 5.02 Å². The molecule has 1 aliphatic rings. The molecule has 0 bridgehead atoms. The van der Waals surface area contributed by atoms with Gasteiger partial charge in [-0.2, -0.15) is 0 Å². The summed E-state index contributed by atoms with van der Waals surface area (Å²) in [4.78, 5) is 17.3. The van der Waals surface area contributed by atoms with E-state index in [4.69, 9.17) is 16.3 Å². The normalized spacial score (nSPS) is 14.3. The predicted molar refractivity (Wildman–Crippen MR) is 129 cm³/mol. The van der Waals surface area contributed by atoms with E-state index in [0.29, 0.717) is 28.7 Å². The zero-order valence-corrected chi connectivity index (χ0v) is 19.0. The van der Waals surface area contributed by atoms with E-state index in [1.54, 1.807) is 16.8 Å². The molecule has 2 aromatic heterocycles. The van der Waals surface area contributed by atoms with Gasteiger partial charge in [0.2, 0.25) is 5.88 Å². The van der Waals surface area contributed by atoms with Gasteiger partial charge in [0.1, 0.15) is 6.61 Å². The largest absolute Gasteiger partial charge is 0.472 e. The van der Waals surface area contributed by atoms with Crippen LogP contribution < -0.4 is 10.1 Å². The van der Waals surface area contributed by atoms with Crippen molar-refractivity contribution in [1.82, 2.24) is 19.9 Å². The van der Waals surface area contributed by atoms with Crippen LogP contribution in [0.15, 0.2) is 66.9 Å². The van der Waals surface area contributed by atoms with E-state index in [2.05, 4.69) is 15.4 Å². The molecule has 0 saturated heterocycles. The number of rotatable bonds is 6. The minimum Gasteiger partial charge on any atom is -0.472 e. The quantitative estimate of drug-likeness (QED) is 0.401. The fourth-order valence-corrected chi connectivity index (χ4v) is 4.46. The van der Waals surface area contributed by atoms with Gasteiger partial charge in [0.05, 0.1) is 11.9 Å². The molecule has 1 amide bonds. The van der Waals surface area contributed by atoms with Gasteiger partial charge in [0.15, 0.2) is 5.65 Å². The van der Waals surface area contributed by atoms with Crippen LogP contribution in [0, 0.1) is 0 Å². The number of ether oxygens (including phenoxy) is 1. The van der Waals surface area contributed by atoms with Crippen LogP contribution in [-0.4, -0.2) is 26.5 Å². The highest BCUT2D eigenvalue weighted by molar-refractivity contribution is 6.30. The van der Waals surface area contributed by atoms with Crippen molar-refractivity contribution in [2.75, 3.05) is 0 Å². The van der Waals surface area contributed by atoms with Crippen molar-refractivity contribution in [2.24, 2.45) is 0 Å². The molecular weight excluding hydrogens is 436 g/mol.